The SMILES string of the molecule is CCCCN1CC=C(c2cccc(Cl)c2)CC1. The first-order valence-corrected chi connectivity index (χ1v) is 6.84. The van der Waals surface area contributed by atoms with Gasteiger partial charge in [-0.2, -0.15) is 0 Å². The normalized spacial score (nSPS) is 16.9. The van der Waals surface area contributed by atoms with Crippen molar-refractivity contribution >= 4 is 17.2 Å². The molecule has 0 spiro atoms. The van der Waals surface area contributed by atoms with Crippen molar-refractivity contribution < 1.29 is 0 Å². The minimum atomic E-state index is 0.830. The summed E-state index contributed by atoms with van der Waals surface area (Å²) in [5.41, 5.74) is 2.73. The van der Waals surface area contributed by atoms with E-state index < -0.39 is 0 Å². The third-order valence-corrected chi connectivity index (χ3v) is 3.55. The van der Waals surface area contributed by atoms with Gasteiger partial charge in [-0.25, -0.2) is 0 Å². The summed E-state index contributed by atoms with van der Waals surface area (Å²) in [6, 6.07) is 8.18. The Morgan fingerprint density at radius 1 is 1.35 bits per heavy atom. The lowest BCUT2D eigenvalue weighted by Gasteiger charge is -2.26. The van der Waals surface area contributed by atoms with Gasteiger partial charge in [-0.3, -0.25) is 4.90 Å². The van der Waals surface area contributed by atoms with E-state index in [9.17, 15) is 0 Å². The fourth-order valence-electron chi connectivity index (χ4n) is 2.25. The molecule has 2 heteroatoms. The molecule has 0 fully saturated rings. The highest BCUT2D eigenvalue weighted by Crippen LogP contribution is 2.24. The van der Waals surface area contributed by atoms with E-state index in [2.05, 4.69) is 30.0 Å². The molecule has 0 atom stereocenters. The van der Waals surface area contributed by atoms with Gasteiger partial charge < -0.3 is 0 Å². The maximum Gasteiger partial charge on any atom is 0.0412 e. The lowest BCUT2D eigenvalue weighted by molar-refractivity contribution is 0.297. The molecule has 1 nitrogen and oxygen atoms in total. The van der Waals surface area contributed by atoms with Crippen LogP contribution in [0, 0.1) is 0 Å². The molecule has 0 radical (unpaired) electrons. The smallest absolute Gasteiger partial charge is 0.0412 e. The molecule has 0 unspecified atom stereocenters. The number of halogens is 1. The second kappa shape index (κ2) is 6.23. The van der Waals surface area contributed by atoms with E-state index >= 15 is 0 Å². The Kier molecular flexibility index (Phi) is 4.64. The first-order valence-electron chi connectivity index (χ1n) is 6.47. The second-order valence-corrected chi connectivity index (χ2v) is 5.08. The Balaban J connectivity index is 1.98. The van der Waals surface area contributed by atoms with E-state index in [1.54, 1.807) is 0 Å². The van der Waals surface area contributed by atoms with E-state index in [0.717, 1.165) is 18.0 Å². The van der Waals surface area contributed by atoms with E-state index in [4.69, 9.17) is 11.6 Å². The average molecular weight is 250 g/mol. The molecule has 0 saturated carbocycles. The van der Waals surface area contributed by atoms with Crippen molar-refractivity contribution in [1.29, 1.82) is 0 Å². The van der Waals surface area contributed by atoms with Crippen LogP contribution in [0.3, 0.4) is 0 Å². The summed E-state index contributed by atoms with van der Waals surface area (Å²) < 4.78 is 0. The van der Waals surface area contributed by atoms with Crippen LogP contribution in [0.5, 0.6) is 0 Å². The number of nitrogens with zero attached hydrogens (tertiary/aromatic N) is 1. The summed E-state index contributed by atoms with van der Waals surface area (Å²) in [5, 5.41) is 0.830. The van der Waals surface area contributed by atoms with Crippen molar-refractivity contribution in [2.45, 2.75) is 26.2 Å². The lowest BCUT2D eigenvalue weighted by Crippen LogP contribution is -2.29. The molecule has 0 aliphatic carbocycles. The molecule has 0 bridgehead atoms. The van der Waals surface area contributed by atoms with Crippen molar-refractivity contribution in [2.24, 2.45) is 0 Å². The van der Waals surface area contributed by atoms with Crippen molar-refractivity contribution in [2.75, 3.05) is 19.6 Å². The molecule has 17 heavy (non-hydrogen) atoms. The van der Waals surface area contributed by atoms with Gasteiger partial charge in [0.15, 0.2) is 0 Å². The van der Waals surface area contributed by atoms with Gasteiger partial charge in [-0.15, -0.1) is 0 Å². The van der Waals surface area contributed by atoms with Gasteiger partial charge in [-0.1, -0.05) is 43.2 Å². The number of benzene rings is 1. The molecule has 1 aliphatic rings. The van der Waals surface area contributed by atoms with Crippen LogP contribution in [0.4, 0.5) is 0 Å². The van der Waals surface area contributed by atoms with Crippen molar-refractivity contribution in [3.8, 4) is 0 Å². The van der Waals surface area contributed by atoms with Crippen molar-refractivity contribution in [3.63, 3.8) is 0 Å². The van der Waals surface area contributed by atoms with Crippen LogP contribution in [-0.2, 0) is 0 Å². The lowest BCUT2D eigenvalue weighted by atomic mass is 9.99. The molecule has 1 heterocycles. The zero-order valence-electron chi connectivity index (χ0n) is 10.5. The predicted molar refractivity (Wildman–Crippen MR) is 75.4 cm³/mol. The zero-order chi connectivity index (χ0) is 12.1. The van der Waals surface area contributed by atoms with Gasteiger partial charge >= 0.3 is 0 Å². The minimum Gasteiger partial charge on any atom is -0.299 e. The summed E-state index contributed by atoms with van der Waals surface area (Å²) in [4.78, 5) is 2.53. The fourth-order valence-corrected chi connectivity index (χ4v) is 2.44. The standard InChI is InChI=1S/C15H20ClN/c1-2-3-9-17-10-7-13(8-11-17)14-5-4-6-15(16)12-14/h4-7,12H,2-3,8-11H2,1H3. The van der Waals surface area contributed by atoms with E-state index in [-0.39, 0.29) is 0 Å². The Hall–Kier alpha value is -0.790. The molecule has 0 N–H and O–H groups in total. The largest absolute Gasteiger partial charge is 0.299 e. The molecule has 0 amide bonds. The molecule has 1 aromatic rings. The predicted octanol–water partition coefficient (Wildman–Crippen LogP) is 4.23. The Morgan fingerprint density at radius 3 is 2.88 bits per heavy atom. The molecule has 1 aromatic carbocycles. The number of rotatable bonds is 4. The zero-order valence-corrected chi connectivity index (χ0v) is 11.2. The van der Waals surface area contributed by atoms with E-state index in [1.807, 2.05) is 12.1 Å². The molecule has 92 valence electrons. The van der Waals surface area contributed by atoms with Gasteiger partial charge in [0.25, 0.3) is 0 Å². The third kappa shape index (κ3) is 3.58. The van der Waals surface area contributed by atoms with Gasteiger partial charge in [0, 0.05) is 18.1 Å². The monoisotopic (exact) mass is 249 g/mol. The number of hydrogen-bond donors (Lipinski definition) is 0. The summed E-state index contributed by atoms with van der Waals surface area (Å²) in [6.07, 6.45) is 6.08. The Bertz CT molecular complexity index is 398. The average Bonchev–Trinajstić information content (AvgIpc) is 2.37. The topological polar surface area (TPSA) is 3.24 Å². The quantitative estimate of drug-likeness (QED) is 0.772. The summed E-state index contributed by atoms with van der Waals surface area (Å²) >= 11 is 6.02. The summed E-state index contributed by atoms with van der Waals surface area (Å²) in [6.45, 7) is 5.74. The van der Waals surface area contributed by atoms with Gasteiger partial charge in [0.2, 0.25) is 0 Å². The van der Waals surface area contributed by atoms with Crippen LogP contribution in [0.1, 0.15) is 31.7 Å². The molecular weight excluding hydrogens is 230 g/mol. The van der Waals surface area contributed by atoms with Gasteiger partial charge in [-0.05, 0) is 42.7 Å². The molecule has 0 aromatic heterocycles. The van der Waals surface area contributed by atoms with E-state index in [0.29, 0.717) is 0 Å². The van der Waals surface area contributed by atoms with Crippen LogP contribution in [-0.4, -0.2) is 24.5 Å². The fraction of sp³-hybridized carbons (Fsp3) is 0.467. The van der Waals surface area contributed by atoms with Gasteiger partial charge in [0.1, 0.15) is 0 Å². The number of hydrogen-bond acceptors (Lipinski definition) is 1. The first kappa shape index (κ1) is 12.7. The first-order chi connectivity index (χ1) is 8.29. The molecule has 0 saturated heterocycles. The van der Waals surface area contributed by atoms with Crippen molar-refractivity contribution in [1.82, 2.24) is 4.90 Å². The third-order valence-electron chi connectivity index (χ3n) is 3.32. The van der Waals surface area contributed by atoms with Crippen LogP contribution in [0.25, 0.3) is 5.57 Å². The second-order valence-electron chi connectivity index (χ2n) is 4.64. The Morgan fingerprint density at radius 2 is 2.24 bits per heavy atom. The van der Waals surface area contributed by atoms with Crippen LogP contribution in [0.15, 0.2) is 30.3 Å². The van der Waals surface area contributed by atoms with Crippen LogP contribution >= 0.6 is 11.6 Å². The highest BCUT2D eigenvalue weighted by Gasteiger charge is 2.12. The molecular formula is C15H20ClN. The Labute approximate surface area is 109 Å². The maximum atomic E-state index is 6.02. The van der Waals surface area contributed by atoms with Crippen molar-refractivity contribution in [3.05, 3.63) is 40.9 Å². The molecule has 2 rings (SSSR count). The van der Waals surface area contributed by atoms with Gasteiger partial charge in [0.05, 0.1) is 0 Å². The summed E-state index contributed by atoms with van der Waals surface area (Å²) in [7, 11) is 0. The highest BCUT2D eigenvalue weighted by molar-refractivity contribution is 6.30. The van der Waals surface area contributed by atoms with Crippen LogP contribution in [0.2, 0.25) is 5.02 Å². The number of unbranched alkanes of at least 4 members (excludes halogenated alkanes) is 1. The maximum absolute atomic E-state index is 6.02. The molecule has 1 aliphatic heterocycles. The van der Waals surface area contributed by atoms with Crippen LogP contribution < -0.4 is 0 Å². The minimum absolute atomic E-state index is 0.830. The summed E-state index contributed by atoms with van der Waals surface area (Å²) in [5.74, 6) is 0. The highest BCUT2D eigenvalue weighted by atomic mass is 35.5. The van der Waals surface area contributed by atoms with E-state index in [1.165, 1.54) is 37.1 Å².